The monoisotopic (exact) mass is 505 g/mol. The van der Waals surface area contributed by atoms with Crippen LogP contribution in [0.1, 0.15) is 32.3 Å². The minimum Gasteiger partial charge on any atom is -0.493 e. The van der Waals surface area contributed by atoms with Gasteiger partial charge in [-0.25, -0.2) is 8.42 Å². The van der Waals surface area contributed by atoms with Crippen LogP contribution in [0, 0.1) is 0 Å². The molecule has 0 atom stereocenters. The number of hydrogen-bond acceptors (Lipinski definition) is 6. The molecular weight excluding hydrogens is 474 g/mol. The first-order valence-corrected chi connectivity index (χ1v) is 12.7. The second-order valence-corrected chi connectivity index (χ2v) is 9.67. The molecule has 2 rings (SSSR count). The summed E-state index contributed by atoms with van der Waals surface area (Å²) < 4.78 is 37.7. The second kappa shape index (κ2) is 13.1. The number of thiocarbonyl (C=S) groups is 1. The van der Waals surface area contributed by atoms with Gasteiger partial charge in [0.2, 0.25) is 15.9 Å². The van der Waals surface area contributed by atoms with E-state index in [1.165, 1.54) is 29.6 Å². The molecule has 0 aliphatic rings. The van der Waals surface area contributed by atoms with Crippen LogP contribution in [0.15, 0.2) is 53.4 Å². The van der Waals surface area contributed by atoms with Crippen molar-refractivity contribution >= 4 is 45.0 Å². The molecular formula is C24H31N3O5S2. The first-order chi connectivity index (χ1) is 16.2. The molecule has 0 spiro atoms. The van der Waals surface area contributed by atoms with Crippen LogP contribution < -0.4 is 20.1 Å². The molecule has 10 heteroatoms. The number of anilines is 1. The van der Waals surface area contributed by atoms with E-state index in [1.54, 1.807) is 43.5 Å². The van der Waals surface area contributed by atoms with Crippen molar-refractivity contribution in [1.82, 2.24) is 9.62 Å². The number of amides is 1. The Morgan fingerprint density at radius 1 is 1.00 bits per heavy atom. The second-order valence-electron chi connectivity index (χ2n) is 7.32. The van der Waals surface area contributed by atoms with E-state index in [0.717, 1.165) is 18.4 Å². The van der Waals surface area contributed by atoms with Crippen LogP contribution in [0.3, 0.4) is 0 Å². The highest BCUT2D eigenvalue weighted by Crippen LogP contribution is 2.28. The zero-order chi connectivity index (χ0) is 25.1. The maximum absolute atomic E-state index is 12.9. The molecule has 0 aromatic heterocycles. The Hall–Kier alpha value is -2.95. The van der Waals surface area contributed by atoms with Gasteiger partial charge in [0.1, 0.15) is 0 Å². The Morgan fingerprint density at radius 2 is 1.62 bits per heavy atom. The van der Waals surface area contributed by atoms with E-state index in [2.05, 4.69) is 10.6 Å². The van der Waals surface area contributed by atoms with Crippen LogP contribution in [0.4, 0.5) is 5.69 Å². The van der Waals surface area contributed by atoms with Crippen LogP contribution in [-0.4, -0.2) is 51.1 Å². The van der Waals surface area contributed by atoms with E-state index in [4.69, 9.17) is 21.7 Å². The quantitative estimate of drug-likeness (QED) is 0.351. The van der Waals surface area contributed by atoms with E-state index in [0.29, 0.717) is 30.3 Å². The molecule has 2 aromatic rings. The number of sulfonamides is 1. The molecule has 0 radical (unpaired) electrons. The molecule has 0 aliphatic heterocycles. The fraction of sp³-hybridized carbons (Fsp3) is 0.333. The zero-order valence-corrected chi connectivity index (χ0v) is 21.5. The Balaban J connectivity index is 1.98. The number of rotatable bonds is 11. The highest BCUT2D eigenvalue weighted by Gasteiger charge is 2.22. The SMILES string of the molecule is CCCN(CCC)S(=O)(=O)c1ccc(NC(=S)NC(=O)/C=C/c2ccc(OC)c(OC)c2)cc1. The molecule has 0 heterocycles. The van der Waals surface area contributed by atoms with Crippen molar-refractivity contribution in [1.29, 1.82) is 0 Å². The Morgan fingerprint density at radius 3 is 2.18 bits per heavy atom. The topological polar surface area (TPSA) is 97.0 Å². The molecule has 0 saturated carbocycles. The molecule has 0 saturated heterocycles. The first kappa shape index (κ1) is 27.3. The summed E-state index contributed by atoms with van der Waals surface area (Å²) in [6.07, 6.45) is 4.46. The lowest BCUT2D eigenvalue weighted by Crippen LogP contribution is -2.33. The lowest BCUT2D eigenvalue weighted by molar-refractivity contribution is -0.115. The third-order valence-electron chi connectivity index (χ3n) is 4.77. The predicted molar refractivity (Wildman–Crippen MR) is 139 cm³/mol. The van der Waals surface area contributed by atoms with Gasteiger partial charge >= 0.3 is 0 Å². The normalized spacial score (nSPS) is 11.4. The largest absolute Gasteiger partial charge is 0.493 e. The minimum atomic E-state index is -3.56. The fourth-order valence-electron chi connectivity index (χ4n) is 3.15. The summed E-state index contributed by atoms with van der Waals surface area (Å²) in [7, 11) is -0.467. The number of carbonyl (C=O) groups is 1. The Bertz CT molecular complexity index is 1110. The van der Waals surface area contributed by atoms with Gasteiger partial charge in [-0.05, 0) is 73.1 Å². The standard InChI is InChI=1S/C24H31N3O5S2/c1-5-15-27(16-6-2)34(29,30)20-11-9-19(10-12-20)25-24(33)26-23(28)14-8-18-7-13-21(31-3)22(17-18)32-4/h7-14,17H,5-6,15-16H2,1-4H3,(H2,25,26,28,33)/b14-8+. The molecule has 0 unspecified atom stereocenters. The average Bonchev–Trinajstić information content (AvgIpc) is 2.82. The van der Waals surface area contributed by atoms with Gasteiger partial charge in [0.05, 0.1) is 19.1 Å². The number of nitrogens with one attached hydrogen (secondary N) is 2. The number of carbonyl (C=O) groups excluding carboxylic acids is 1. The average molecular weight is 506 g/mol. The van der Waals surface area contributed by atoms with Crippen LogP contribution in [0.25, 0.3) is 6.08 Å². The summed E-state index contributed by atoms with van der Waals surface area (Å²) in [6, 6.07) is 11.6. The van der Waals surface area contributed by atoms with Crippen LogP contribution in [0.2, 0.25) is 0 Å². The van der Waals surface area contributed by atoms with Gasteiger partial charge in [-0.3, -0.25) is 10.1 Å². The van der Waals surface area contributed by atoms with Crippen molar-refractivity contribution in [2.75, 3.05) is 32.6 Å². The van der Waals surface area contributed by atoms with Gasteiger partial charge in [0, 0.05) is 24.9 Å². The number of benzene rings is 2. The van der Waals surface area contributed by atoms with E-state index in [1.807, 2.05) is 13.8 Å². The number of nitrogens with zero attached hydrogens (tertiary/aromatic N) is 1. The maximum Gasteiger partial charge on any atom is 0.250 e. The van der Waals surface area contributed by atoms with Gasteiger partial charge in [-0.1, -0.05) is 19.9 Å². The van der Waals surface area contributed by atoms with E-state index in [-0.39, 0.29) is 10.0 Å². The van der Waals surface area contributed by atoms with Crippen LogP contribution >= 0.6 is 12.2 Å². The third kappa shape index (κ3) is 7.54. The molecule has 0 aliphatic carbocycles. The molecule has 2 aromatic carbocycles. The van der Waals surface area contributed by atoms with E-state index >= 15 is 0 Å². The number of hydrogen-bond donors (Lipinski definition) is 2. The molecule has 1 amide bonds. The van der Waals surface area contributed by atoms with Gasteiger partial charge < -0.3 is 14.8 Å². The van der Waals surface area contributed by atoms with Crippen molar-refractivity contribution in [2.45, 2.75) is 31.6 Å². The highest BCUT2D eigenvalue weighted by molar-refractivity contribution is 7.89. The summed E-state index contributed by atoms with van der Waals surface area (Å²) in [4.78, 5) is 12.4. The van der Waals surface area contributed by atoms with Gasteiger partial charge in [-0.15, -0.1) is 0 Å². The molecule has 34 heavy (non-hydrogen) atoms. The van der Waals surface area contributed by atoms with Crippen molar-refractivity contribution in [3.05, 3.63) is 54.1 Å². The number of ether oxygens (including phenoxy) is 2. The van der Waals surface area contributed by atoms with Crippen molar-refractivity contribution < 1.29 is 22.7 Å². The Labute approximate surface area is 207 Å². The first-order valence-electron chi connectivity index (χ1n) is 10.9. The lowest BCUT2D eigenvalue weighted by atomic mass is 10.2. The Kier molecular flexibility index (Phi) is 10.5. The van der Waals surface area contributed by atoms with Gasteiger partial charge in [0.25, 0.3) is 0 Å². The summed E-state index contributed by atoms with van der Waals surface area (Å²) in [6.45, 7) is 4.85. The molecule has 8 nitrogen and oxygen atoms in total. The smallest absolute Gasteiger partial charge is 0.250 e. The van der Waals surface area contributed by atoms with Crippen molar-refractivity contribution in [2.24, 2.45) is 0 Å². The highest BCUT2D eigenvalue weighted by atomic mass is 32.2. The number of methoxy groups -OCH3 is 2. The van der Waals surface area contributed by atoms with Crippen LogP contribution in [0.5, 0.6) is 11.5 Å². The van der Waals surface area contributed by atoms with E-state index in [9.17, 15) is 13.2 Å². The summed E-state index contributed by atoms with van der Waals surface area (Å²) >= 11 is 5.19. The van der Waals surface area contributed by atoms with Gasteiger partial charge in [-0.2, -0.15) is 4.31 Å². The minimum absolute atomic E-state index is 0.0937. The predicted octanol–water partition coefficient (Wildman–Crippen LogP) is 4.04. The maximum atomic E-state index is 12.9. The lowest BCUT2D eigenvalue weighted by Gasteiger charge is -2.21. The van der Waals surface area contributed by atoms with E-state index < -0.39 is 15.9 Å². The van der Waals surface area contributed by atoms with Crippen LogP contribution in [-0.2, 0) is 14.8 Å². The zero-order valence-electron chi connectivity index (χ0n) is 19.8. The summed E-state index contributed by atoms with van der Waals surface area (Å²) in [5, 5.41) is 5.54. The molecule has 2 N–H and O–H groups in total. The fourth-order valence-corrected chi connectivity index (χ4v) is 5.00. The summed E-state index contributed by atoms with van der Waals surface area (Å²) in [5.74, 6) is 0.734. The summed E-state index contributed by atoms with van der Waals surface area (Å²) in [5.41, 5.74) is 1.31. The molecule has 0 bridgehead atoms. The van der Waals surface area contributed by atoms with Crippen molar-refractivity contribution in [3.63, 3.8) is 0 Å². The van der Waals surface area contributed by atoms with Gasteiger partial charge in [0.15, 0.2) is 16.6 Å². The molecule has 0 fully saturated rings. The molecule has 184 valence electrons. The van der Waals surface area contributed by atoms with Crippen molar-refractivity contribution in [3.8, 4) is 11.5 Å². The third-order valence-corrected chi connectivity index (χ3v) is 6.88.